The van der Waals surface area contributed by atoms with Crippen molar-refractivity contribution in [2.75, 3.05) is 0 Å². The first-order valence-electron chi connectivity index (χ1n) is 7.31. The zero-order valence-electron chi connectivity index (χ0n) is 12.9. The van der Waals surface area contributed by atoms with Crippen molar-refractivity contribution in [2.45, 2.75) is 19.8 Å². The Labute approximate surface area is 134 Å². The third kappa shape index (κ3) is 2.54. The lowest BCUT2D eigenvalue weighted by molar-refractivity contribution is 0.704. The van der Waals surface area contributed by atoms with Gasteiger partial charge >= 0.3 is 0 Å². The Balaban J connectivity index is 2.13. The van der Waals surface area contributed by atoms with Crippen molar-refractivity contribution < 1.29 is 0 Å². The Kier molecular flexibility index (Phi) is 3.78. The van der Waals surface area contributed by atoms with Crippen LogP contribution >= 0.6 is 0 Å². The fraction of sp³-hybridized carbons (Fsp3) is 0.222. The summed E-state index contributed by atoms with van der Waals surface area (Å²) in [6.45, 7) is 3.67. The lowest BCUT2D eigenvalue weighted by atomic mass is 9.76. The van der Waals surface area contributed by atoms with Gasteiger partial charge in [0, 0.05) is 17.8 Å². The standard InChI is InChI=1S/C18H15N5/c1-11-15(9-19)18(16(10-20)12(2)22-11)14-5-3-4-13(8-14)17-6-7-21-23-17/h3-8,15,18H,1-2H3,(H,21,23). The molecule has 0 aliphatic carbocycles. The Hall–Kier alpha value is -3.18. The van der Waals surface area contributed by atoms with Crippen LogP contribution in [-0.2, 0) is 0 Å². The molecule has 1 aliphatic rings. The Morgan fingerprint density at radius 1 is 1.17 bits per heavy atom. The first kappa shape index (κ1) is 14.7. The van der Waals surface area contributed by atoms with E-state index in [1.54, 1.807) is 6.20 Å². The van der Waals surface area contributed by atoms with Gasteiger partial charge in [0.2, 0.25) is 0 Å². The average molecular weight is 301 g/mol. The summed E-state index contributed by atoms with van der Waals surface area (Å²) in [4.78, 5) is 4.37. The highest BCUT2D eigenvalue weighted by atomic mass is 15.1. The molecule has 0 fully saturated rings. The summed E-state index contributed by atoms with van der Waals surface area (Å²) < 4.78 is 0. The Morgan fingerprint density at radius 3 is 2.65 bits per heavy atom. The molecule has 23 heavy (non-hydrogen) atoms. The molecule has 0 saturated carbocycles. The van der Waals surface area contributed by atoms with Crippen molar-refractivity contribution in [3.8, 4) is 23.4 Å². The number of nitrogens with one attached hydrogen (secondary N) is 1. The summed E-state index contributed by atoms with van der Waals surface area (Å²) in [7, 11) is 0. The molecule has 0 amide bonds. The largest absolute Gasteiger partial charge is 0.278 e. The normalized spacial score (nSPS) is 20.6. The van der Waals surface area contributed by atoms with Crippen LogP contribution < -0.4 is 0 Å². The van der Waals surface area contributed by atoms with Gasteiger partial charge in [-0.1, -0.05) is 18.2 Å². The van der Waals surface area contributed by atoms with Gasteiger partial charge in [-0.05, 0) is 37.1 Å². The van der Waals surface area contributed by atoms with E-state index in [2.05, 4.69) is 27.3 Å². The molecule has 2 aromatic rings. The van der Waals surface area contributed by atoms with E-state index in [-0.39, 0.29) is 5.92 Å². The second kappa shape index (κ2) is 5.90. The number of benzene rings is 1. The number of hydrogen-bond acceptors (Lipinski definition) is 4. The summed E-state index contributed by atoms with van der Waals surface area (Å²) in [5.74, 6) is -0.712. The zero-order valence-corrected chi connectivity index (χ0v) is 12.9. The van der Waals surface area contributed by atoms with Gasteiger partial charge in [-0.2, -0.15) is 15.6 Å². The molecule has 1 aromatic carbocycles. The molecule has 1 aliphatic heterocycles. The summed E-state index contributed by atoms with van der Waals surface area (Å²) in [6, 6.07) is 14.3. The first-order valence-corrected chi connectivity index (χ1v) is 7.31. The minimum Gasteiger partial charge on any atom is -0.278 e. The van der Waals surface area contributed by atoms with E-state index in [1.165, 1.54) is 0 Å². The Morgan fingerprint density at radius 2 is 2.00 bits per heavy atom. The fourth-order valence-electron chi connectivity index (χ4n) is 3.02. The van der Waals surface area contributed by atoms with Gasteiger partial charge < -0.3 is 0 Å². The molecule has 5 nitrogen and oxygen atoms in total. The maximum atomic E-state index is 9.57. The smallest absolute Gasteiger partial charge is 0.0973 e. The maximum absolute atomic E-state index is 9.57. The lowest BCUT2D eigenvalue weighted by Gasteiger charge is -2.27. The number of aromatic amines is 1. The van der Waals surface area contributed by atoms with Crippen LogP contribution in [-0.4, -0.2) is 15.9 Å². The monoisotopic (exact) mass is 301 g/mol. The van der Waals surface area contributed by atoms with Gasteiger partial charge in [-0.25, -0.2) is 0 Å². The Bertz CT molecular complexity index is 875. The van der Waals surface area contributed by atoms with Crippen molar-refractivity contribution in [1.29, 1.82) is 10.5 Å². The van der Waals surface area contributed by atoms with E-state index >= 15 is 0 Å². The van der Waals surface area contributed by atoms with Crippen LogP contribution in [0.2, 0.25) is 0 Å². The number of allylic oxidation sites excluding steroid dienone is 2. The lowest BCUT2D eigenvalue weighted by Crippen LogP contribution is -2.24. The molecule has 0 spiro atoms. The van der Waals surface area contributed by atoms with Crippen LogP contribution in [0.3, 0.4) is 0 Å². The summed E-state index contributed by atoms with van der Waals surface area (Å²) in [5.41, 5.74) is 4.82. The molecular formula is C18H15N5. The highest BCUT2D eigenvalue weighted by Crippen LogP contribution is 2.39. The second-order valence-electron chi connectivity index (χ2n) is 5.54. The predicted molar refractivity (Wildman–Crippen MR) is 87.3 cm³/mol. The van der Waals surface area contributed by atoms with Crippen LogP contribution in [0, 0.1) is 28.6 Å². The number of rotatable bonds is 2. The third-order valence-electron chi connectivity index (χ3n) is 4.15. The minimum absolute atomic E-state index is 0.287. The molecule has 2 atom stereocenters. The van der Waals surface area contributed by atoms with Crippen LogP contribution in [0.15, 0.2) is 52.8 Å². The van der Waals surface area contributed by atoms with Crippen molar-refractivity contribution in [3.63, 3.8) is 0 Å². The second-order valence-corrected chi connectivity index (χ2v) is 5.54. The summed E-state index contributed by atoms with van der Waals surface area (Å²) in [5, 5.41) is 26.0. The summed E-state index contributed by atoms with van der Waals surface area (Å²) >= 11 is 0. The van der Waals surface area contributed by atoms with E-state index < -0.39 is 5.92 Å². The highest BCUT2D eigenvalue weighted by Gasteiger charge is 2.33. The van der Waals surface area contributed by atoms with Crippen molar-refractivity contribution >= 4 is 5.71 Å². The molecule has 2 heterocycles. The van der Waals surface area contributed by atoms with Gasteiger partial charge in [0.25, 0.3) is 0 Å². The predicted octanol–water partition coefficient (Wildman–Crippen LogP) is 3.57. The molecule has 1 aromatic heterocycles. The number of H-pyrrole nitrogens is 1. The SMILES string of the molecule is CC1=NC(C)=C(C#N)C(c2cccc(-c3ccn[nH]3)c2)C1C#N. The van der Waals surface area contributed by atoms with Crippen LogP contribution in [0.4, 0.5) is 0 Å². The topological polar surface area (TPSA) is 88.6 Å². The number of aliphatic imine (C=N–C) groups is 1. The third-order valence-corrected chi connectivity index (χ3v) is 4.15. The van der Waals surface area contributed by atoms with Crippen molar-refractivity contribution in [1.82, 2.24) is 10.2 Å². The molecule has 112 valence electrons. The molecule has 5 heteroatoms. The molecule has 1 N–H and O–H groups in total. The highest BCUT2D eigenvalue weighted by molar-refractivity contribution is 5.90. The van der Waals surface area contributed by atoms with E-state index in [9.17, 15) is 10.5 Å². The van der Waals surface area contributed by atoms with E-state index in [4.69, 9.17) is 0 Å². The number of aromatic nitrogens is 2. The number of hydrogen-bond donors (Lipinski definition) is 1. The van der Waals surface area contributed by atoms with Gasteiger partial charge in [-0.15, -0.1) is 0 Å². The molecule has 0 radical (unpaired) electrons. The molecule has 2 unspecified atom stereocenters. The fourth-order valence-corrected chi connectivity index (χ4v) is 3.02. The summed E-state index contributed by atoms with van der Waals surface area (Å²) in [6.07, 6.45) is 1.70. The van der Waals surface area contributed by atoms with E-state index in [0.29, 0.717) is 11.3 Å². The van der Waals surface area contributed by atoms with Gasteiger partial charge in [-0.3, -0.25) is 10.1 Å². The van der Waals surface area contributed by atoms with Gasteiger partial charge in [0.15, 0.2) is 0 Å². The number of nitriles is 2. The van der Waals surface area contributed by atoms with E-state index in [1.807, 2.05) is 44.2 Å². The van der Waals surface area contributed by atoms with Crippen molar-refractivity contribution in [2.24, 2.45) is 10.9 Å². The van der Waals surface area contributed by atoms with Gasteiger partial charge in [0.05, 0.1) is 35.0 Å². The van der Waals surface area contributed by atoms with E-state index in [0.717, 1.165) is 22.5 Å². The molecule has 0 bridgehead atoms. The van der Waals surface area contributed by atoms with Crippen LogP contribution in [0.5, 0.6) is 0 Å². The van der Waals surface area contributed by atoms with Gasteiger partial charge in [0.1, 0.15) is 0 Å². The maximum Gasteiger partial charge on any atom is 0.0973 e. The molecule has 0 saturated heterocycles. The zero-order chi connectivity index (χ0) is 16.4. The quantitative estimate of drug-likeness (QED) is 0.919. The minimum atomic E-state index is -0.426. The molecule has 3 rings (SSSR count). The van der Waals surface area contributed by atoms with Crippen LogP contribution in [0.1, 0.15) is 25.3 Å². The van der Waals surface area contributed by atoms with Crippen LogP contribution in [0.25, 0.3) is 11.3 Å². The molecular weight excluding hydrogens is 286 g/mol. The van der Waals surface area contributed by atoms with Crippen molar-refractivity contribution in [3.05, 3.63) is 53.4 Å². The first-order chi connectivity index (χ1) is 11.2. The average Bonchev–Trinajstić information content (AvgIpc) is 3.09. The number of nitrogens with zero attached hydrogens (tertiary/aromatic N) is 4.